The molecule has 2 rings (SSSR count). The average Bonchev–Trinajstić information content (AvgIpc) is 3.09. The maximum absolute atomic E-state index is 13.4. The van der Waals surface area contributed by atoms with Gasteiger partial charge in [0.05, 0.1) is 13.2 Å². The second-order valence-electron chi connectivity index (χ2n) is 15.8. The lowest BCUT2D eigenvalue weighted by atomic mass is 10.0. The number of hydrogen-bond acceptors (Lipinski definition) is 5. The van der Waals surface area contributed by atoms with Gasteiger partial charge in [0.2, 0.25) is 19.9 Å². The number of Topliss-reactive ketones (excluding diaryl/α,β-unsaturated/α-hetero) is 2. The van der Waals surface area contributed by atoms with Crippen molar-refractivity contribution in [1.29, 1.82) is 0 Å². The van der Waals surface area contributed by atoms with E-state index in [0.717, 1.165) is 31.4 Å². The summed E-state index contributed by atoms with van der Waals surface area (Å²) in [6.07, 6.45) is 25.3. The summed E-state index contributed by atoms with van der Waals surface area (Å²) in [6, 6.07) is 12.2. The van der Waals surface area contributed by atoms with Crippen LogP contribution in [0, 0.1) is 0 Å². The van der Waals surface area contributed by atoms with E-state index < -0.39 is 19.9 Å². The van der Waals surface area contributed by atoms with Crippen molar-refractivity contribution in [2.24, 2.45) is 0 Å². The lowest BCUT2D eigenvalue weighted by molar-refractivity contribution is 0.0816. The van der Waals surface area contributed by atoms with Gasteiger partial charge in [-0.1, -0.05) is 150 Å². The molecule has 0 aliphatic carbocycles. The first-order chi connectivity index (χ1) is 24.0. The van der Waals surface area contributed by atoms with E-state index in [1.54, 1.807) is 42.5 Å². The predicted molar refractivity (Wildman–Crippen MR) is 214 cm³/mol. The molecule has 6 heteroatoms. The van der Waals surface area contributed by atoms with E-state index in [1.807, 2.05) is 0 Å². The van der Waals surface area contributed by atoms with Gasteiger partial charge < -0.3 is 13.9 Å². The summed E-state index contributed by atoms with van der Waals surface area (Å²) in [7, 11) is -2.01. The molecule has 282 valence electrons. The number of ketones is 2. The molecule has 2 aromatic rings. The van der Waals surface area contributed by atoms with Gasteiger partial charge in [0, 0.05) is 11.1 Å². The summed E-state index contributed by atoms with van der Waals surface area (Å²) in [6.45, 7) is 16.7. The molecule has 0 aromatic heterocycles. The third-order valence-electron chi connectivity index (χ3n) is 10.2. The monoisotopic (exact) mass is 709 g/mol. The molecule has 2 aromatic carbocycles. The average molecular weight is 709 g/mol. The van der Waals surface area contributed by atoms with Gasteiger partial charge in [0.15, 0.2) is 11.5 Å². The standard InChI is InChI=1S/C44H72O5Si/c1-8-10-12-14-16-18-20-22-24-26-34-47-40-33-30-38(36-41(40)48-35-27-25-23-21-19-17-15-13-11-9-2)43(46)42(45)37-28-31-39(32-29-37)49-50(6,7)44(3,4)5/h28-33,36H,8-27,34-35H2,1-7H3. The first-order valence-corrected chi connectivity index (χ1v) is 23.2. The van der Waals surface area contributed by atoms with Crippen LogP contribution in [0.5, 0.6) is 17.2 Å². The van der Waals surface area contributed by atoms with Gasteiger partial charge in [0.1, 0.15) is 5.75 Å². The zero-order chi connectivity index (χ0) is 36.7. The van der Waals surface area contributed by atoms with Crippen molar-refractivity contribution in [3.05, 3.63) is 53.6 Å². The van der Waals surface area contributed by atoms with Gasteiger partial charge in [-0.05, 0) is 73.4 Å². The fourth-order valence-corrected chi connectivity index (χ4v) is 6.84. The van der Waals surface area contributed by atoms with Crippen molar-refractivity contribution >= 4 is 19.9 Å². The van der Waals surface area contributed by atoms with Crippen LogP contribution < -0.4 is 13.9 Å². The molecular weight excluding hydrogens is 637 g/mol. The summed E-state index contributed by atoms with van der Waals surface area (Å²) in [5, 5.41) is 0.0634. The van der Waals surface area contributed by atoms with Crippen LogP contribution in [0.2, 0.25) is 18.1 Å². The largest absolute Gasteiger partial charge is 0.544 e. The second-order valence-corrected chi connectivity index (χ2v) is 20.5. The van der Waals surface area contributed by atoms with E-state index in [4.69, 9.17) is 13.9 Å². The Bertz CT molecular complexity index is 1210. The van der Waals surface area contributed by atoms with Crippen LogP contribution in [-0.2, 0) is 0 Å². The second kappa shape index (κ2) is 24.6. The van der Waals surface area contributed by atoms with Crippen molar-refractivity contribution in [2.45, 2.75) is 181 Å². The summed E-state index contributed by atoms with van der Waals surface area (Å²) in [4.78, 5) is 26.7. The predicted octanol–water partition coefficient (Wildman–Crippen LogP) is 13.7. The molecule has 0 saturated carbocycles. The number of ether oxygens (including phenoxy) is 2. The van der Waals surface area contributed by atoms with Crippen LogP contribution in [0.4, 0.5) is 0 Å². The first-order valence-electron chi connectivity index (χ1n) is 20.3. The first kappa shape index (κ1) is 43.6. The number of benzene rings is 2. The van der Waals surface area contributed by atoms with E-state index in [9.17, 15) is 9.59 Å². The Morgan fingerprint density at radius 2 is 0.900 bits per heavy atom. The normalized spacial score (nSPS) is 11.8. The minimum absolute atomic E-state index is 0.0634. The summed E-state index contributed by atoms with van der Waals surface area (Å²) in [5.41, 5.74) is 0.674. The van der Waals surface area contributed by atoms with Gasteiger partial charge in [0.25, 0.3) is 0 Å². The fraction of sp³-hybridized carbons (Fsp3) is 0.682. The Kier molecular flexibility index (Phi) is 21.4. The highest BCUT2D eigenvalue weighted by atomic mass is 28.4. The number of rotatable bonds is 29. The Labute approximate surface area is 307 Å². The molecule has 0 radical (unpaired) electrons. The van der Waals surface area contributed by atoms with Crippen molar-refractivity contribution < 1.29 is 23.5 Å². The third-order valence-corrected chi connectivity index (χ3v) is 14.6. The number of carbonyl (C=O) groups excluding carboxylic acids is 2. The lowest BCUT2D eigenvalue weighted by Gasteiger charge is -2.36. The maximum Gasteiger partial charge on any atom is 0.250 e. The van der Waals surface area contributed by atoms with Crippen molar-refractivity contribution in [3.63, 3.8) is 0 Å². The van der Waals surface area contributed by atoms with Crippen LogP contribution in [0.25, 0.3) is 0 Å². The molecule has 0 aliphatic heterocycles. The van der Waals surface area contributed by atoms with Gasteiger partial charge in [-0.3, -0.25) is 9.59 Å². The van der Waals surface area contributed by atoms with Gasteiger partial charge in [-0.25, -0.2) is 0 Å². The highest BCUT2D eigenvalue weighted by molar-refractivity contribution is 6.74. The summed E-state index contributed by atoms with van der Waals surface area (Å²) >= 11 is 0. The van der Waals surface area contributed by atoms with Crippen molar-refractivity contribution in [1.82, 2.24) is 0 Å². The van der Waals surface area contributed by atoms with Crippen LogP contribution in [0.1, 0.15) is 184 Å². The Morgan fingerprint density at radius 3 is 1.34 bits per heavy atom. The quantitative estimate of drug-likeness (QED) is 0.0364. The molecule has 0 N–H and O–H groups in total. The third kappa shape index (κ3) is 17.1. The fourth-order valence-electron chi connectivity index (χ4n) is 5.81. The number of carbonyl (C=O) groups is 2. The molecule has 0 heterocycles. The molecule has 0 bridgehead atoms. The highest BCUT2D eigenvalue weighted by Gasteiger charge is 2.39. The maximum atomic E-state index is 13.4. The molecule has 0 unspecified atom stereocenters. The van der Waals surface area contributed by atoms with E-state index in [-0.39, 0.29) is 5.04 Å². The number of unbranched alkanes of at least 4 members (excludes halogenated alkanes) is 18. The minimum atomic E-state index is -2.01. The van der Waals surface area contributed by atoms with E-state index in [2.05, 4.69) is 47.7 Å². The Hall–Kier alpha value is -2.60. The van der Waals surface area contributed by atoms with Gasteiger partial charge in [-0.15, -0.1) is 0 Å². The van der Waals surface area contributed by atoms with Crippen molar-refractivity contribution in [2.75, 3.05) is 13.2 Å². The van der Waals surface area contributed by atoms with E-state index in [0.29, 0.717) is 35.8 Å². The molecule has 0 atom stereocenters. The van der Waals surface area contributed by atoms with Crippen molar-refractivity contribution in [3.8, 4) is 17.2 Å². The molecule has 0 saturated heterocycles. The van der Waals surface area contributed by atoms with E-state index in [1.165, 1.54) is 103 Å². The van der Waals surface area contributed by atoms with Crippen LogP contribution in [-0.4, -0.2) is 33.1 Å². The molecular formula is C44H72O5Si. The van der Waals surface area contributed by atoms with Crippen LogP contribution in [0.15, 0.2) is 42.5 Å². The Morgan fingerprint density at radius 1 is 0.520 bits per heavy atom. The molecule has 0 fully saturated rings. The molecule has 5 nitrogen and oxygen atoms in total. The van der Waals surface area contributed by atoms with Crippen LogP contribution in [0.3, 0.4) is 0 Å². The number of hydrogen-bond donors (Lipinski definition) is 0. The lowest BCUT2D eigenvalue weighted by Crippen LogP contribution is -2.43. The van der Waals surface area contributed by atoms with Gasteiger partial charge in [-0.2, -0.15) is 0 Å². The zero-order valence-electron chi connectivity index (χ0n) is 33.1. The minimum Gasteiger partial charge on any atom is -0.544 e. The summed E-state index contributed by atoms with van der Waals surface area (Å²) < 4.78 is 18.8. The summed E-state index contributed by atoms with van der Waals surface area (Å²) in [5.74, 6) is 0.831. The molecule has 0 amide bonds. The molecule has 0 spiro atoms. The zero-order valence-corrected chi connectivity index (χ0v) is 34.1. The highest BCUT2D eigenvalue weighted by Crippen LogP contribution is 2.37. The van der Waals surface area contributed by atoms with Crippen LogP contribution >= 0.6 is 0 Å². The van der Waals surface area contributed by atoms with Gasteiger partial charge >= 0.3 is 0 Å². The Balaban J connectivity index is 1.96. The molecule has 0 aliphatic rings. The molecule has 50 heavy (non-hydrogen) atoms. The van der Waals surface area contributed by atoms with E-state index >= 15 is 0 Å². The smallest absolute Gasteiger partial charge is 0.250 e. The SMILES string of the molecule is CCCCCCCCCCCCOc1ccc(C(=O)C(=O)c2ccc(O[Si](C)(C)C(C)(C)C)cc2)cc1OCCCCCCCCCCCC. The topological polar surface area (TPSA) is 61.8 Å².